The number of thiocarbonyl (C=S) groups is 1. The first-order valence-electron chi connectivity index (χ1n) is 4.02. The summed E-state index contributed by atoms with van der Waals surface area (Å²) >= 11 is 6.62. The molecule has 0 spiro atoms. The molecule has 0 aromatic heterocycles. The third-order valence-corrected chi connectivity index (χ3v) is 3.40. The molecule has 1 saturated heterocycles. The Morgan fingerprint density at radius 2 is 2.45 bits per heavy atom. The Kier molecular flexibility index (Phi) is 3.19. The number of rotatable bonds is 3. The maximum atomic E-state index is 5.55. The Morgan fingerprint density at radius 1 is 1.73 bits per heavy atom. The van der Waals surface area contributed by atoms with E-state index in [2.05, 4.69) is 13.8 Å². The second kappa shape index (κ2) is 3.76. The topological polar surface area (TPSA) is 9.23 Å². The van der Waals surface area contributed by atoms with Crippen molar-refractivity contribution in [2.75, 3.05) is 5.75 Å². The average Bonchev–Trinajstić information content (AvgIpc) is 2.28. The van der Waals surface area contributed by atoms with Crippen LogP contribution in [0.2, 0.25) is 0 Å². The third-order valence-electron chi connectivity index (χ3n) is 1.88. The molecule has 1 aliphatic rings. The zero-order valence-corrected chi connectivity index (χ0v) is 8.69. The first-order valence-corrected chi connectivity index (χ1v) is 5.41. The van der Waals surface area contributed by atoms with Crippen molar-refractivity contribution in [3.63, 3.8) is 0 Å². The summed E-state index contributed by atoms with van der Waals surface area (Å²) in [4.78, 5) is 0. The molecule has 1 atom stereocenters. The molecule has 1 heterocycles. The smallest absolute Gasteiger partial charge is 0.220 e. The van der Waals surface area contributed by atoms with E-state index in [0.29, 0.717) is 0 Å². The maximum absolute atomic E-state index is 5.55. The van der Waals surface area contributed by atoms with E-state index in [1.165, 1.54) is 12.8 Å². The van der Waals surface area contributed by atoms with E-state index in [-0.39, 0.29) is 5.60 Å². The first kappa shape index (κ1) is 9.33. The molecule has 0 radical (unpaired) electrons. The normalized spacial score (nSPS) is 30.5. The summed E-state index contributed by atoms with van der Waals surface area (Å²) in [6.45, 7) is 4.35. The molecule has 1 fully saturated rings. The van der Waals surface area contributed by atoms with Crippen LogP contribution in [0.15, 0.2) is 0 Å². The molecule has 0 aromatic rings. The Balaban J connectivity index is 2.35. The standard InChI is InChI=1S/C8H14OS2/c1-3-4-5-8(2)6-11-7(10)9-8/h3-6H2,1-2H3. The van der Waals surface area contributed by atoms with E-state index in [0.717, 1.165) is 16.6 Å². The quantitative estimate of drug-likeness (QED) is 0.633. The van der Waals surface area contributed by atoms with Gasteiger partial charge in [0.05, 0.1) is 0 Å². The number of thioether (sulfide) groups is 1. The predicted octanol–water partition coefficient (Wildman–Crippen LogP) is 2.98. The van der Waals surface area contributed by atoms with Crippen LogP contribution in [-0.2, 0) is 4.74 Å². The Morgan fingerprint density at radius 3 is 2.91 bits per heavy atom. The number of ether oxygens (including phenoxy) is 1. The molecular formula is C8H14OS2. The fraction of sp³-hybridized carbons (Fsp3) is 0.875. The summed E-state index contributed by atoms with van der Waals surface area (Å²) in [5.74, 6) is 1.03. The minimum absolute atomic E-state index is 0.0394. The Bertz CT molecular complexity index is 158. The second-order valence-electron chi connectivity index (χ2n) is 3.19. The maximum Gasteiger partial charge on any atom is 0.220 e. The van der Waals surface area contributed by atoms with Crippen LogP contribution in [0.25, 0.3) is 0 Å². The number of hydrogen-bond donors (Lipinski definition) is 0. The minimum Gasteiger partial charge on any atom is -0.471 e. The molecule has 0 N–H and O–H groups in total. The Hall–Kier alpha value is 0.240. The molecule has 0 bridgehead atoms. The van der Waals surface area contributed by atoms with Crippen molar-refractivity contribution >= 4 is 28.4 Å². The largest absolute Gasteiger partial charge is 0.471 e. The van der Waals surface area contributed by atoms with Crippen LogP contribution in [0, 0.1) is 0 Å². The van der Waals surface area contributed by atoms with Gasteiger partial charge in [0, 0.05) is 5.75 Å². The molecule has 0 aromatic carbocycles. The third kappa shape index (κ3) is 2.64. The van der Waals surface area contributed by atoms with Crippen LogP contribution in [0.5, 0.6) is 0 Å². The van der Waals surface area contributed by atoms with Crippen molar-refractivity contribution in [2.24, 2.45) is 0 Å². The lowest BCUT2D eigenvalue weighted by Gasteiger charge is -2.21. The van der Waals surface area contributed by atoms with Crippen molar-refractivity contribution in [1.82, 2.24) is 0 Å². The molecule has 1 unspecified atom stereocenters. The highest BCUT2D eigenvalue weighted by molar-refractivity contribution is 8.22. The van der Waals surface area contributed by atoms with Crippen LogP contribution < -0.4 is 0 Å². The van der Waals surface area contributed by atoms with Crippen LogP contribution in [0.3, 0.4) is 0 Å². The van der Waals surface area contributed by atoms with Crippen molar-refractivity contribution in [2.45, 2.75) is 38.7 Å². The SMILES string of the molecule is CCCCC1(C)CSC(=S)O1. The molecule has 11 heavy (non-hydrogen) atoms. The molecule has 1 nitrogen and oxygen atoms in total. The summed E-state index contributed by atoms with van der Waals surface area (Å²) in [5, 5.41) is 0. The van der Waals surface area contributed by atoms with Gasteiger partial charge in [-0.05, 0) is 32.0 Å². The number of hydrogen-bond acceptors (Lipinski definition) is 3. The van der Waals surface area contributed by atoms with E-state index in [1.54, 1.807) is 11.8 Å². The lowest BCUT2D eigenvalue weighted by Crippen LogP contribution is -2.26. The Labute approximate surface area is 77.9 Å². The monoisotopic (exact) mass is 190 g/mol. The molecule has 0 saturated carbocycles. The zero-order valence-electron chi connectivity index (χ0n) is 7.05. The molecule has 1 rings (SSSR count). The zero-order chi connectivity index (χ0) is 8.32. The predicted molar refractivity (Wildman–Crippen MR) is 54.1 cm³/mol. The molecule has 64 valence electrons. The lowest BCUT2D eigenvalue weighted by atomic mass is 10.0. The van der Waals surface area contributed by atoms with Gasteiger partial charge in [-0.2, -0.15) is 0 Å². The van der Waals surface area contributed by atoms with Gasteiger partial charge in [0.15, 0.2) is 0 Å². The van der Waals surface area contributed by atoms with Crippen LogP contribution in [-0.4, -0.2) is 15.7 Å². The fourth-order valence-electron chi connectivity index (χ4n) is 1.15. The molecule has 3 heteroatoms. The second-order valence-corrected chi connectivity index (χ2v) is 4.77. The highest BCUT2D eigenvalue weighted by Crippen LogP contribution is 2.33. The summed E-state index contributed by atoms with van der Waals surface area (Å²) < 4.78 is 6.27. The number of unbranched alkanes of at least 4 members (excludes halogenated alkanes) is 1. The van der Waals surface area contributed by atoms with E-state index in [4.69, 9.17) is 17.0 Å². The summed E-state index contributed by atoms with van der Waals surface area (Å²) in [6, 6.07) is 0. The van der Waals surface area contributed by atoms with E-state index < -0.39 is 0 Å². The van der Waals surface area contributed by atoms with Gasteiger partial charge < -0.3 is 4.74 Å². The fourth-order valence-corrected chi connectivity index (χ4v) is 2.41. The van der Waals surface area contributed by atoms with Crippen LogP contribution in [0.4, 0.5) is 0 Å². The summed E-state index contributed by atoms with van der Waals surface area (Å²) in [7, 11) is 0. The van der Waals surface area contributed by atoms with Gasteiger partial charge >= 0.3 is 0 Å². The van der Waals surface area contributed by atoms with Gasteiger partial charge in [-0.25, -0.2) is 0 Å². The molecule has 1 aliphatic heterocycles. The summed E-state index contributed by atoms with van der Waals surface area (Å²) in [5.41, 5.74) is 0.0394. The lowest BCUT2D eigenvalue weighted by molar-refractivity contribution is 0.107. The van der Waals surface area contributed by atoms with Gasteiger partial charge in [-0.3, -0.25) is 0 Å². The van der Waals surface area contributed by atoms with Crippen molar-refractivity contribution in [1.29, 1.82) is 0 Å². The van der Waals surface area contributed by atoms with Gasteiger partial charge in [0.1, 0.15) is 5.60 Å². The average molecular weight is 190 g/mol. The van der Waals surface area contributed by atoms with Gasteiger partial charge in [-0.15, -0.1) is 0 Å². The van der Waals surface area contributed by atoms with Crippen molar-refractivity contribution in [3.8, 4) is 0 Å². The highest BCUT2D eigenvalue weighted by atomic mass is 32.2. The van der Waals surface area contributed by atoms with Crippen LogP contribution in [0.1, 0.15) is 33.1 Å². The van der Waals surface area contributed by atoms with E-state index in [1.807, 2.05) is 0 Å². The first-order chi connectivity index (χ1) is 5.16. The molecular weight excluding hydrogens is 176 g/mol. The van der Waals surface area contributed by atoms with Crippen molar-refractivity contribution in [3.05, 3.63) is 0 Å². The van der Waals surface area contributed by atoms with Gasteiger partial charge in [0.2, 0.25) is 4.38 Å². The highest BCUT2D eigenvalue weighted by Gasteiger charge is 2.33. The molecule has 0 amide bonds. The molecule has 0 aliphatic carbocycles. The van der Waals surface area contributed by atoms with Gasteiger partial charge in [-0.1, -0.05) is 25.1 Å². The summed E-state index contributed by atoms with van der Waals surface area (Å²) in [6.07, 6.45) is 3.60. The minimum atomic E-state index is 0.0394. The van der Waals surface area contributed by atoms with E-state index in [9.17, 15) is 0 Å². The van der Waals surface area contributed by atoms with E-state index >= 15 is 0 Å². The van der Waals surface area contributed by atoms with Crippen LogP contribution >= 0.6 is 24.0 Å². The van der Waals surface area contributed by atoms with Crippen molar-refractivity contribution < 1.29 is 4.74 Å². The van der Waals surface area contributed by atoms with Gasteiger partial charge in [0.25, 0.3) is 0 Å².